The number of amides is 5. The first-order valence-corrected chi connectivity index (χ1v) is 10.4. The predicted octanol–water partition coefficient (Wildman–Crippen LogP) is -0.281. The Labute approximate surface area is 191 Å². The third-order valence-electron chi connectivity index (χ3n) is 5.67. The molecule has 5 rings (SSSR count). The van der Waals surface area contributed by atoms with E-state index in [9.17, 15) is 24.0 Å². The molecule has 4 heterocycles. The highest BCUT2D eigenvalue weighted by molar-refractivity contribution is 6.26. The normalized spacial score (nSPS) is 17.7. The largest absolute Gasteiger partial charge is 0.324 e. The molecule has 2 aliphatic rings. The van der Waals surface area contributed by atoms with Crippen LogP contribution in [0.1, 0.15) is 33.6 Å². The Kier molecular flexibility index (Phi) is 5.00. The van der Waals surface area contributed by atoms with Gasteiger partial charge in [-0.1, -0.05) is 11.3 Å². The van der Waals surface area contributed by atoms with Crippen LogP contribution in [0.3, 0.4) is 0 Å². The lowest BCUT2D eigenvalue weighted by Gasteiger charge is -2.27. The lowest BCUT2D eigenvalue weighted by Crippen LogP contribution is -2.54. The van der Waals surface area contributed by atoms with Crippen molar-refractivity contribution >= 4 is 35.2 Å². The van der Waals surface area contributed by atoms with Gasteiger partial charge in [-0.3, -0.25) is 38.9 Å². The molecule has 1 aromatic carbocycles. The summed E-state index contributed by atoms with van der Waals surface area (Å²) in [5.74, 6) is -3.00. The smallest absolute Gasteiger partial charge is 0.264 e. The summed E-state index contributed by atoms with van der Waals surface area (Å²) in [6.45, 7) is -0.187. The van der Waals surface area contributed by atoms with E-state index in [2.05, 4.69) is 26.0 Å². The number of hydrogen-bond acceptors (Lipinski definition) is 8. The summed E-state index contributed by atoms with van der Waals surface area (Å²) in [5, 5.41) is 16.8. The number of rotatable bonds is 5. The van der Waals surface area contributed by atoms with Gasteiger partial charge in [0, 0.05) is 19.7 Å². The van der Waals surface area contributed by atoms with Crippen molar-refractivity contribution in [3.63, 3.8) is 0 Å². The standard InChI is InChI=1S/C21H18N8O5/c1-27-14(7-8-22-27)13-9-28(26-25-13)10-17(31)23-12-4-2-3-11-18(12)21(34)29(20(11)33)15-5-6-16(30)24-19(15)32/h2-4,7-9,15H,5-6,10H2,1H3,(H,23,31)(H,24,30,32). The Hall–Kier alpha value is -4.68. The fourth-order valence-corrected chi connectivity index (χ4v) is 4.07. The Morgan fingerprint density at radius 3 is 2.74 bits per heavy atom. The van der Waals surface area contributed by atoms with Gasteiger partial charge in [0.2, 0.25) is 17.7 Å². The molecule has 1 fully saturated rings. The molecule has 13 nitrogen and oxygen atoms in total. The number of nitrogens with zero attached hydrogens (tertiary/aromatic N) is 6. The van der Waals surface area contributed by atoms with Crippen molar-refractivity contribution in [2.45, 2.75) is 25.4 Å². The average Bonchev–Trinajstić information content (AvgIpc) is 3.48. The second-order valence-electron chi connectivity index (χ2n) is 7.86. The highest BCUT2D eigenvalue weighted by Crippen LogP contribution is 2.32. The van der Waals surface area contributed by atoms with E-state index in [0.717, 1.165) is 10.6 Å². The van der Waals surface area contributed by atoms with E-state index in [0.29, 0.717) is 5.69 Å². The third-order valence-corrected chi connectivity index (χ3v) is 5.67. The van der Waals surface area contributed by atoms with Gasteiger partial charge in [-0.25, -0.2) is 4.68 Å². The Morgan fingerprint density at radius 1 is 1.18 bits per heavy atom. The SMILES string of the molecule is Cn1nccc1-c1cn(CC(=O)Nc2cccc3c2C(=O)N(C2CCC(=O)NC2=O)C3=O)nn1. The van der Waals surface area contributed by atoms with E-state index < -0.39 is 35.6 Å². The molecule has 1 atom stereocenters. The van der Waals surface area contributed by atoms with Gasteiger partial charge in [0.15, 0.2) is 0 Å². The van der Waals surface area contributed by atoms with Crippen LogP contribution in [0.4, 0.5) is 5.69 Å². The topological polar surface area (TPSA) is 161 Å². The summed E-state index contributed by atoms with van der Waals surface area (Å²) in [5.41, 5.74) is 1.48. The number of carbonyl (C=O) groups is 5. The molecule has 3 aromatic rings. The van der Waals surface area contributed by atoms with Crippen molar-refractivity contribution in [1.82, 2.24) is 35.0 Å². The Bertz CT molecular complexity index is 1370. The molecule has 13 heteroatoms. The maximum Gasteiger partial charge on any atom is 0.264 e. The van der Waals surface area contributed by atoms with Gasteiger partial charge in [0.25, 0.3) is 11.8 Å². The quantitative estimate of drug-likeness (QED) is 0.489. The van der Waals surface area contributed by atoms with Crippen LogP contribution in [0.15, 0.2) is 36.7 Å². The van der Waals surface area contributed by atoms with E-state index in [1.165, 1.54) is 22.9 Å². The van der Waals surface area contributed by atoms with Gasteiger partial charge in [-0.15, -0.1) is 5.10 Å². The van der Waals surface area contributed by atoms with Crippen LogP contribution in [0.25, 0.3) is 11.4 Å². The third kappa shape index (κ3) is 3.52. The number of benzene rings is 1. The van der Waals surface area contributed by atoms with Crippen molar-refractivity contribution in [2.75, 3.05) is 5.32 Å². The molecule has 0 spiro atoms. The molecule has 0 radical (unpaired) electrons. The summed E-state index contributed by atoms with van der Waals surface area (Å²) in [6, 6.07) is 5.16. The summed E-state index contributed by atoms with van der Waals surface area (Å²) in [7, 11) is 1.76. The molecular weight excluding hydrogens is 444 g/mol. The maximum atomic E-state index is 13.1. The number of carbonyl (C=O) groups excluding carboxylic acids is 5. The fraction of sp³-hybridized carbons (Fsp3) is 0.238. The number of piperidine rings is 1. The molecule has 2 N–H and O–H groups in total. The zero-order valence-corrected chi connectivity index (χ0v) is 17.9. The number of aryl methyl sites for hydroxylation is 1. The molecule has 34 heavy (non-hydrogen) atoms. The van der Waals surface area contributed by atoms with E-state index in [-0.39, 0.29) is 36.2 Å². The highest BCUT2D eigenvalue weighted by atomic mass is 16.2. The molecule has 172 valence electrons. The second kappa shape index (κ2) is 8.03. The van der Waals surface area contributed by atoms with Crippen LogP contribution in [0, 0.1) is 0 Å². The first-order valence-electron chi connectivity index (χ1n) is 10.4. The minimum Gasteiger partial charge on any atom is -0.324 e. The van der Waals surface area contributed by atoms with E-state index >= 15 is 0 Å². The van der Waals surface area contributed by atoms with Gasteiger partial charge in [-0.2, -0.15) is 5.10 Å². The summed E-state index contributed by atoms with van der Waals surface area (Å²) >= 11 is 0. The lowest BCUT2D eigenvalue weighted by molar-refractivity contribution is -0.136. The average molecular weight is 462 g/mol. The summed E-state index contributed by atoms with van der Waals surface area (Å²) in [6.07, 6.45) is 3.27. The van der Waals surface area contributed by atoms with Crippen molar-refractivity contribution in [2.24, 2.45) is 7.05 Å². The van der Waals surface area contributed by atoms with Crippen molar-refractivity contribution in [3.8, 4) is 11.4 Å². The van der Waals surface area contributed by atoms with Crippen LogP contribution >= 0.6 is 0 Å². The van der Waals surface area contributed by atoms with Crippen molar-refractivity contribution in [3.05, 3.63) is 47.8 Å². The number of imide groups is 2. The van der Waals surface area contributed by atoms with Crippen LogP contribution in [-0.4, -0.2) is 65.3 Å². The first kappa shape index (κ1) is 21.2. The molecule has 2 aliphatic heterocycles. The fourth-order valence-electron chi connectivity index (χ4n) is 4.07. The second-order valence-corrected chi connectivity index (χ2v) is 7.86. The van der Waals surface area contributed by atoms with Crippen LogP contribution < -0.4 is 10.6 Å². The van der Waals surface area contributed by atoms with Crippen LogP contribution in [0.2, 0.25) is 0 Å². The van der Waals surface area contributed by atoms with Gasteiger partial charge in [0.1, 0.15) is 18.3 Å². The monoisotopic (exact) mass is 462 g/mol. The lowest BCUT2D eigenvalue weighted by atomic mass is 10.0. The number of nitrogens with one attached hydrogen (secondary N) is 2. The van der Waals surface area contributed by atoms with Gasteiger partial charge >= 0.3 is 0 Å². The number of fused-ring (bicyclic) bond motifs is 1. The number of hydrogen-bond donors (Lipinski definition) is 2. The van der Waals surface area contributed by atoms with E-state index in [1.807, 2.05) is 0 Å². The summed E-state index contributed by atoms with van der Waals surface area (Å²) < 4.78 is 2.96. The minimum absolute atomic E-state index is 0.000265. The Balaban J connectivity index is 1.34. The van der Waals surface area contributed by atoms with Crippen molar-refractivity contribution in [1.29, 1.82) is 0 Å². The zero-order valence-electron chi connectivity index (χ0n) is 17.9. The molecule has 5 amide bonds. The maximum absolute atomic E-state index is 13.1. The molecule has 0 aliphatic carbocycles. The highest BCUT2D eigenvalue weighted by Gasteiger charge is 2.45. The first-order chi connectivity index (χ1) is 16.3. The molecular formula is C21H18N8O5. The minimum atomic E-state index is -1.09. The van der Waals surface area contributed by atoms with Crippen LogP contribution in [0.5, 0.6) is 0 Å². The predicted molar refractivity (Wildman–Crippen MR) is 114 cm³/mol. The Morgan fingerprint density at radius 2 is 2.00 bits per heavy atom. The van der Waals surface area contributed by atoms with Crippen LogP contribution in [-0.2, 0) is 28.0 Å². The van der Waals surface area contributed by atoms with Gasteiger partial charge < -0.3 is 5.32 Å². The zero-order chi connectivity index (χ0) is 24.0. The number of aromatic nitrogens is 5. The molecule has 2 aromatic heterocycles. The van der Waals surface area contributed by atoms with Crippen molar-refractivity contribution < 1.29 is 24.0 Å². The summed E-state index contributed by atoms with van der Waals surface area (Å²) in [4.78, 5) is 63.2. The van der Waals surface area contributed by atoms with Gasteiger partial charge in [-0.05, 0) is 24.6 Å². The molecule has 1 unspecified atom stereocenters. The molecule has 0 bridgehead atoms. The van der Waals surface area contributed by atoms with E-state index in [4.69, 9.17) is 0 Å². The molecule has 1 saturated heterocycles. The number of anilines is 1. The van der Waals surface area contributed by atoms with Gasteiger partial charge in [0.05, 0.1) is 28.7 Å². The van der Waals surface area contributed by atoms with E-state index in [1.54, 1.807) is 30.2 Å². The molecule has 0 saturated carbocycles.